The lowest BCUT2D eigenvalue weighted by molar-refractivity contribution is 0.409. The molecule has 0 amide bonds. The Morgan fingerprint density at radius 1 is 1.30 bits per heavy atom. The second kappa shape index (κ2) is 6.57. The van der Waals surface area contributed by atoms with Gasteiger partial charge in [-0.05, 0) is 44.2 Å². The summed E-state index contributed by atoms with van der Waals surface area (Å²) < 4.78 is 7.37. The van der Waals surface area contributed by atoms with E-state index in [0.29, 0.717) is 0 Å². The van der Waals surface area contributed by atoms with E-state index in [0.717, 1.165) is 24.5 Å². The Morgan fingerprint density at radius 3 is 2.70 bits per heavy atom. The Morgan fingerprint density at radius 2 is 2.10 bits per heavy atom. The van der Waals surface area contributed by atoms with Crippen molar-refractivity contribution in [3.8, 4) is 5.75 Å². The van der Waals surface area contributed by atoms with Crippen LogP contribution < -0.4 is 10.1 Å². The van der Waals surface area contributed by atoms with Crippen molar-refractivity contribution in [2.45, 2.75) is 33.4 Å². The zero-order valence-corrected chi connectivity index (χ0v) is 12.7. The van der Waals surface area contributed by atoms with Crippen LogP contribution >= 0.6 is 0 Å². The molecule has 4 heteroatoms. The molecule has 0 aliphatic carbocycles. The quantitative estimate of drug-likeness (QED) is 0.879. The van der Waals surface area contributed by atoms with Gasteiger partial charge in [0.2, 0.25) is 0 Å². The summed E-state index contributed by atoms with van der Waals surface area (Å²) in [7, 11) is 1.70. The minimum Gasteiger partial charge on any atom is -0.497 e. The van der Waals surface area contributed by atoms with Gasteiger partial charge in [0.1, 0.15) is 5.75 Å². The molecule has 1 aromatic heterocycles. The van der Waals surface area contributed by atoms with Gasteiger partial charge >= 0.3 is 0 Å². The number of aryl methyl sites for hydroxylation is 2. The van der Waals surface area contributed by atoms with E-state index in [1.807, 2.05) is 19.1 Å². The summed E-state index contributed by atoms with van der Waals surface area (Å²) in [6.07, 6.45) is 0. The Hall–Kier alpha value is -1.81. The highest BCUT2D eigenvalue weighted by atomic mass is 16.5. The number of rotatable bonds is 6. The lowest BCUT2D eigenvalue weighted by atomic mass is 10.1. The molecule has 20 heavy (non-hydrogen) atoms. The normalized spacial score (nSPS) is 12.4. The van der Waals surface area contributed by atoms with Gasteiger partial charge in [-0.15, -0.1) is 0 Å². The molecule has 4 nitrogen and oxygen atoms in total. The summed E-state index contributed by atoms with van der Waals surface area (Å²) in [6.45, 7) is 7.97. The number of hydrogen-bond acceptors (Lipinski definition) is 3. The van der Waals surface area contributed by atoms with E-state index >= 15 is 0 Å². The molecular weight excluding hydrogens is 250 g/mol. The van der Waals surface area contributed by atoms with Gasteiger partial charge in [0, 0.05) is 5.69 Å². The third-order valence-corrected chi connectivity index (χ3v) is 3.41. The van der Waals surface area contributed by atoms with Gasteiger partial charge in [-0.1, -0.05) is 19.1 Å². The van der Waals surface area contributed by atoms with Crippen LogP contribution in [0.25, 0.3) is 0 Å². The summed E-state index contributed by atoms with van der Waals surface area (Å²) >= 11 is 0. The van der Waals surface area contributed by atoms with Crippen molar-refractivity contribution < 1.29 is 4.74 Å². The lowest BCUT2D eigenvalue weighted by Gasteiger charge is -2.20. The molecule has 108 valence electrons. The number of methoxy groups -OCH3 is 1. The number of aromatic nitrogens is 2. The molecule has 0 aliphatic rings. The van der Waals surface area contributed by atoms with Crippen LogP contribution in [0.5, 0.6) is 5.75 Å². The van der Waals surface area contributed by atoms with Crippen molar-refractivity contribution in [3.63, 3.8) is 0 Å². The van der Waals surface area contributed by atoms with Crippen molar-refractivity contribution in [2.75, 3.05) is 13.7 Å². The molecular formula is C16H23N3O. The maximum absolute atomic E-state index is 5.31. The number of nitrogens with one attached hydrogen (secondary N) is 1. The van der Waals surface area contributed by atoms with Crippen molar-refractivity contribution in [2.24, 2.45) is 0 Å². The number of benzene rings is 1. The highest BCUT2D eigenvalue weighted by Crippen LogP contribution is 2.21. The third-order valence-electron chi connectivity index (χ3n) is 3.41. The summed E-state index contributed by atoms with van der Waals surface area (Å²) in [5.74, 6) is 0.888. The molecule has 1 N–H and O–H groups in total. The third kappa shape index (κ3) is 3.39. The fourth-order valence-electron chi connectivity index (χ4n) is 2.43. The fourth-order valence-corrected chi connectivity index (χ4v) is 2.43. The average molecular weight is 273 g/mol. The first-order chi connectivity index (χ1) is 9.63. The van der Waals surface area contributed by atoms with E-state index in [1.54, 1.807) is 7.11 Å². The van der Waals surface area contributed by atoms with Gasteiger partial charge in [0.25, 0.3) is 0 Å². The van der Waals surface area contributed by atoms with Crippen molar-refractivity contribution in [1.82, 2.24) is 15.1 Å². The Kier molecular flexibility index (Phi) is 4.79. The van der Waals surface area contributed by atoms with E-state index in [-0.39, 0.29) is 6.04 Å². The predicted molar refractivity (Wildman–Crippen MR) is 81.1 cm³/mol. The predicted octanol–water partition coefficient (Wildman–Crippen LogP) is 2.86. The zero-order chi connectivity index (χ0) is 14.5. The van der Waals surface area contributed by atoms with Gasteiger partial charge in [0.15, 0.2) is 0 Å². The number of nitrogens with zero attached hydrogens (tertiary/aromatic N) is 2. The van der Waals surface area contributed by atoms with E-state index < -0.39 is 0 Å². The summed E-state index contributed by atoms with van der Waals surface area (Å²) in [5.41, 5.74) is 3.47. The number of likely N-dealkylation sites (N-methyl/N-ethyl adjacent to an activating group) is 1. The Bertz CT molecular complexity index is 563. The van der Waals surface area contributed by atoms with Crippen LogP contribution in [0, 0.1) is 13.8 Å². The highest BCUT2D eigenvalue weighted by Gasteiger charge is 2.13. The minimum atomic E-state index is 0.230. The molecule has 0 aliphatic heterocycles. The zero-order valence-electron chi connectivity index (χ0n) is 12.7. The SMILES string of the molecule is CCNC(Cn1nc(C)cc1C)c1cccc(OC)c1. The number of hydrogen-bond donors (Lipinski definition) is 1. The summed E-state index contributed by atoms with van der Waals surface area (Å²) in [4.78, 5) is 0. The van der Waals surface area contributed by atoms with Gasteiger partial charge in [0.05, 0.1) is 25.4 Å². The lowest BCUT2D eigenvalue weighted by Crippen LogP contribution is -2.26. The van der Waals surface area contributed by atoms with Gasteiger partial charge in [-0.3, -0.25) is 4.68 Å². The molecule has 0 saturated carbocycles. The van der Waals surface area contributed by atoms with Crippen LogP contribution in [0.4, 0.5) is 0 Å². The molecule has 1 atom stereocenters. The monoisotopic (exact) mass is 273 g/mol. The Balaban J connectivity index is 2.24. The molecule has 2 rings (SSSR count). The molecule has 1 heterocycles. The van der Waals surface area contributed by atoms with Crippen LogP contribution in [-0.4, -0.2) is 23.4 Å². The highest BCUT2D eigenvalue weighted by molar-refractivity contribution is 5.30. The van der Waals surface area contributed by atoms with Crippen molar-refractivity contribution in [1.29, 1.82) is 0 Å². The maximum atomic E-state index is 5.31. The molecule has 0 spiro atoms. The standard InChI is InChI=1S/C16H23N3O/c1-5-17-16(11-19-13(3)9-12(2)18-19)14-7-6-8-15(10-14)20-4/h6-10,16-17H,5,11H2,1-4H3. The second-order valence-electron chi connectivity index (χ2n) is 5.00. The van der Waals surface area contributed by atoms with Crippen LogP contribution in [0.3, 0.4) is 0 Å². The van der Waals surface area contributed by atoms with Crippen molar-refractivity contribution in [3.05, 3.63) is 47.3 Å². The fraction of sp³-hybridized carbons (Fsp3) is 0.438. The van der Waals surface area contributed by atoms with Gasteiger partial charge < -0.3 is 10.1 Å². The summed E-state index contributed by atoms with van der Waals surface area (Å²) in [5, 5.41) is 8.06. The van der Waals surface area contributed by atoms with Gasteiger partial charge in [-0.25, -0.2) is 0 Å². The largest absolute Gasteiger partial charge is 0.497 e. The Labute approximate surface area is 120 Å². The topological polar surface area (TPSA) is 39.1 Å². The van der Waals surface area contributed by atoms with Crippen LogP contribution in [0.15, 0.2) is 30.3 Å². The summed E-state index contributed by atoms with van der Waals surface area (Å²) in [6, 6.07) is 10.5. The van der Waals surface area contributed by atoms with Crippen molar-refractivity contribution >= 4 is 0 Å². The molecule has 0 saturated heterocycles. The minimum absolute atomic E-state index is 0.230. The molecule has 0 bridgehead atoms. The molecule has 0 radical (unpaired) electrons. The molecule has 1 unspecified atom stereocenters. The van der Waals surface area contributed by atoms with Gasteiger partial charge in [-0.2, -0.15) is 5.10 Å². The first-order valence-electron chi connectivity index (χ1n) is 7.02. The van der Waals surface area contributed by atoms with E-state index in [1.165, 1.54) is 11.3 Å². The average Bonchev–Trinajstić information content (AvgIpc) is 2.76. The van der Waals surface area contributed by atoms with E-state index in [4.69, 9.17) is 4.74 Å². The molecule has 0 fully saturated rings. The number of ether oxygens (including phenoxy) is 1. The van der Waals surface area contributed by atoms with Crippen LogP contribution in [0.2, 0.25) is 0 Å². The smallest absolute Gasteiger partial charge is 0.119 e. The molecule has 2 aromatic rings. The first kappa shape index (κ1) is 14.6. The van der Waals surface area contributed by atoms with E-state index in [9.17, 15) is 0 Å². The first-order valence-corrected chi connectivity index (χ1v) is 7.02. The maximum Gasteiger partial charge on any atom is 0.119 e. The van der Waals surface area contributed by atoms with Crippen LogP contribution in [0.1, 0.15) is 29.9 Å². The molecule has 1 aromatic carbocycles. The second-order valence-corrected chi connectivity index (χ2v) is 5.00. The van der Waals surface area contributed by atoms with E-state index in [2.05, 4.69) is 47.1 Å². The van der Waals surface area contributed by atoms with Crippen LogP contribution in [-0.2, 0) is 6.54 Å².